The number of hydrogen-bond acceptors (Lipinski definition) is 4. The highest BCUT2D eigenvalue weighted by atomic mass is 35.5. The number of hydrogen-bond donors (Lipinski definition) is 1. The number of pyridine rings is 2. The molecule has 2 aromatic heterocycles. The minimum atomic E-state index is -0.452. The van der Waals surface area contributed by atoms with Crippen LogP contribution in [-0.4, -0.2) is 22.2 Å². The molecule has 12 heteroatoms. The van der Waals surface area contributed by atoms with E-state index in [0.717, 1.165) is 31.6 Å². The normalized spacial score (nSPS) is 13.5. The van der Waals surface area contributed by atoms with Crippen LogP contribution in [0.1, 0.15) is 33.6 Å². The minimum absolute atomic E-state index is 0.0429. The first kappa shape index (κ1) is 33.8. The standard InChI is InChI=1S/C19H21Cl2FN2O.C13H11Cl2FN2O/c1-3-24-18(14-5-4-13(22)10-15(14)20)17(11-16(21)19(24)25)23-8-6-12(2)7-9-23;1-2-18-12(11(17)6-10(15)13(18)19)8-4-3-7(16)5-9(8)14/h4-5,10-12H,3,6-9H2,1-2H3;3-6H,2,17H2,1H3. The summed E-state index contributed by atoms with van der Waals surface area (Å²) >= 11 is 24.4. The van der Waals surface area contributed by atoms with E-state index in [1.807, 2.05) is 6.92 Å². The van der Waals surface area contributed by atoms with Crippen molar-refractivity contribution in [3.05, 3.63) is 101 Å². The Hall–Kier alpha value is -3.04. The van der Waals surface area contributed by atoms with Gasteiger partial charge in [0.15, 0.2) is 0 Å². The van der Waals surface area contributed by atoms with E-state index in [1.165, 1.54) is 41.0 Å². The number of nitrogen functional groups attached to an aromatic ring is 1. The first-order chi connectivity index (χ1) is 20.9. The van der Waals surface area contributed by atoms with Crippen molar-refractivity contribution in [3.63, 3.8) is 0 Å². The number of halogens is 6. The van der Waals surface area contributed by atoms with Crippen molar-refractivity contribution in [3.8, 4) is 22.5 Å². The zero-order chi connectivity index (χ0) is 32.3. The van der Waals surface area contributed by atoms with Crippen LogP contribution in [0, 0.1) is 17.6 Å². The first-order valence-corrected chi connectivity index (χ1v) is 15.7. The Bertz CT molecular complexity index is 1800. The molecule has 4 aromatic rings. The number of nitrogens with two attached hydrogens (primary N) is 1. The number of benzene rings is 2. The molecule has 1 fully saturated rings. The highest BCUT2D eigenvalue weighted by Gasteiger charge is 2.24. The van der Waals surface area contributed by atoms with Gasteiger partial charge in [0.05, 0.1) is 32.8 Å². The average molecular weight is 684 g/mol. The van der Waals surface area contributed by atoms with Crippen LogP contribution >= 0.6 is 46.4 Å². The molecule has 0 radical (unpaired) electrons. The predicted molar refractivity (Wildman–Crippen MR) is 179 cm³/mol. The first-order valence-electron chi connectivity index (χ1n) is 14.2. The summed E-state index contributed by atoms with van der Waals surface area (Å²) < 4.78 is 29.6. The Balaban J connectivity index is 0.000000209. The molecule has 3 heterocycles. The van der Waals surface area contributed by atoms with Crippen LogP contribution in [0.2, 0.25) is 20.1 Å². The quantitative estimate of drug-likeness (QED) is 0.228. The molecule has 0 amide bonds. The molecule has 0 spiro atoms. The molecule has 44 heavy (non-hydrogen) atoms. The molecule has 2 N–H and O–H groups in total. The van der Waals surface area contributed by atoms with Crippen LogP contribution in [0.25, 0.3) is 22.5 Å². The van der Waals surface area contributed by atoms with E-state index in [0.29, 0.717) is 47.2 Å². The lowest BCUT2D eigenvalue weighted by molar-refractivity contribution is 0.438. The lowest BCUT2D eigenvalue weighted by atomic mass is 9.98. The Labute approximate surface area is 274 Å². The number of rotatable bonds is 5. The van der Waals surface area contributed by atoms with Gasteiger partial charge in [-0.05, 0) is 81.1 Å². The predicted octanol–water partition coefficient (Wildman–Crippen LogP) is 8.78. The lowest BCUT2D eigenvalue weighted by Crippen LogP contribution is -2.35. The van der Waals surface area contributed by atoms with E-state index >= 15 is 0 Å². The van der Waals surface area contributed by atoms with Gasteiger partial charge in [0.1, 0.15) is 21.7 Å². The van der Waals surface area contributed by atoms with Crippen molar-refractivity contribution < 1.29 is 8.78 Å². The monoisotopic (exact) mass is 682 g/mol. The van der Waals surface area contributed by atoms with E-state index in [-0.39, 0.29) is 31.2 Å². The lowest BCUT2D eigenvalue weighted by Gasteiger charge is -2.34. The Morgan fingerprint density at radius 1 is 0.727 bits per heavy atom. The SMILES string of the molecule is CCn1c(-c2ccc(F)cc2Cl)c(N)cc(Cl)c1=O.CCn1c(-c2ccc(F)cc2Cl)c(N2CCC(C)CC2)cc(Cl)c1=O. The Morgan fingerprint density at radius 3 is 1.66 bits per heavy atom. The summed E-state index contributed by atoms with van der Waals surface area (Å²) in [7, 11) is 0. The maximum atomic E-state index is 13.5. The smallest absolute Gasteiger partial charge is 0.269 e. The van der Waals surface area contributed by atoms with Gasteiger partial charge >= 0.3 is 0 Å². The van der Waals surface area contributed by atoms with Gasteiger partial charge in [-0.3, -0.25) is 9.59 Å². The van der Waals surface area contributed by atoms with Crippen molar-refractivity contribution in [2.75, 3.05) is 23.7 Å². The summed E-state index contributed by atoms with van der Waals surface area (Å²) in [5.41, 5.74) is 8.79. The van der Waals surface area contributed by atoms with Crippen LogP contribution in [0.5, 0.6) is 0 Å². The number of anilines is 2. The largest absolute Gasteiger partial charge is 0.397 e. The van der Waals surface area contributed by atoms with Crippen LogP contribution < -0.4 is 21.8 Å². The number of nitrogens with zero attached hydrogens (tertiary/aromatic N) is 3. The molecule has 1 saturated heterocycles. The van der Waals surface area contributed by atoms with Gasteiger partial charge in [-0.25, -0.2) is 8.78 Å². The van der Waals surface area contributed by atoms with Crippen LogP contribution in [0.4, 0.5) is 20.2 Å². The summed E-state index contributed by atoms with van der Waals surface area (Å²) in [6.45, 7) is 8.55. The molecule has 0 bridgehead atoms. The zero-order valence-corrected chi connectivity index (χ0v) is 27.5. The van der Waals surface area contributed by atoms with Crippen LogP contribution in [0.15, 0.2) is 58.1 Å². The highest BCUT2D eigenvalue weighted by Crippen LogP contribution is 2.38. The third-order valence-electron chi connectivity index (χ3n) is 7.63. The van der Waals surface area contributed by atoms with Gasteiger partial charge in [-0.2, -0.15) is 0 Å². The van der Waals surface area contributed by atoms with Crippen molar-refractivity contribution in [1.29, 1.82) is 0 Å². The fourth-order valence-corrected chi connectivity index (χ4v) is 6.25. The van der Waals surface area contributed by atoms with Crippen molar-refractivity contribution >= 4 is 57.8 Å². The molecule has 1 aliphatic rings. The fraction of sp³-hybridized carbons (Fsp3) is 0.312. The maximum absolute atomic E-state index is 13.5. The second-order valence-corrected chi connectivity index (χ2v) is 12.2. The second-order valence-electron chi connectivity index (χ2n) is 10.5. The summed E-state index contributed by atoms with van der Waals surface area (Å²) in [5, 5.41) is 0.713. The van der Waals surface area contributed by atoms with Gasteiger partial charge in [-0.1, -0.05) is 53.3 Å². The zero-order valence-electron chi connectivity index (χ0n) is 24.4. The van der Waals surface area contributed by atoms with E-state index in [1.54, 1.807) is 23.6 Å². The fourth-order valence-electron chi connectivity index (χ4n) is 5.31. The van der Waals surface area contributed by atoms with E-state index in [9.17, 15) is 18.4 Å². The third kappa shape index (κ3) is 7.09. The summed E-state index contributed by atoms with van der Waals surface area (Å²) in [5.74, 6) is -0.171. The molecule has 6 nitrogen and oxygen atoms in total. The van der Waals surface area contributed by atoms with E-state index in [4.69, 9.17) is 52.1 Å². The minimum Gasteiger partial charge on any atom is -0.397 e. The topological polar surface area (TPSA) is 73.3 Å². The molecule has 1 aliphatic heterocycles. The van der Waals surface area contributed by atoms with Crippen molar-refractivity contribution in [2.24, 2.45) is 5.92 Å². The van der Waals surface area contributed by atoms with Crippen LogP contribution in [0.3, 0.4) is 0 Å². The maximum Gasteiger partial charge on any atom is 0.269 e. The molecule has 0 aliphatic carbocycles. The summed E-state index contributed by atoms with van der Waals surface area (Å²) in [6, 6.07) is 11.3. The summed E-state index contributed by atoms with van der Waals surface area (Å²) in [6.07, 6.45) is 2.17. The molecule has 0 unspecified atom stereocenters. The summed E-state index contributed by atoms with van der Waals surface area (Å²) in [4.78, 5) is 26.8. The second kappa shape index (κ2) is 14.4. The molecule has 0 saturated carbocycles. The van der Waals surface area contributed by atoms with Gasteiger partial charge in [0, 0.05) is 37.3 Å². The van der Waals surface area contributed by atoms with Gasteiger partial charge in [0.25, 0.3) is 11.1 Å². The Kier molecular flexibility index (Phi) is 11.1. The van der Waals surface area contributed by atoms with E-state index in [2.05, 4.69) is 11.8 Å². The van der Waals surface area contributed by atoms with Gasteiger partial charge < -0.3 is 19.8 Å². The van der Waals surface area contributed by atoms with Crippen molar-refractivity contribution in [1.82, 2.24) is 9.13 Å². The molecule has 0 atom stereocenters. The Morgan fingerprint density at radius 2 is 1.18 bits per heavy atom. The van der Waals surface area contributed by atoms with Gasteiger partial charge in [-0.15, -0.1) is 0 Å². The third-order valence-corrected chi connectivity index (χ3v) is 8.80. The molecular formula is C32H32Cl4F2N4O2. The highest BCUT2D eigenvalue weighted by molar-refractivity contribution is 6.34. The number of piperidine rings is 1. The van der Waals surface area contributed by atoms with Crippen LogP contribution in [-0.2, 0) is 13.1 Å². The van der Waals surface area contributed by atoms with E-state index < -0.39 is 11.6 Å². The average Bonchev–Trinajstić information content (AvgIpc) is 2.97. The molecule has 234 valence electrons. The van der Waals surface area contributed by atoms with Gasteiger partial charge in [0.2, 0.25) is 0 Å². The van der Waals surface area contributed by atoms with Crippen molar-refractivity contribution in [2.45, 2.75) is 46.7 Å². The molecular weight excluding hydrogens is 652 g/mol. The number of aromatic nitrogens is 2. The molecule has 2 aromatic carbocycles. The molecule has 5 rings (SSSR count).